The van der Waals surface area contributed by atoms with Crippen LogP contribution in [0, 0.1) is 0 Å². The van der Waals surface area contributed by atoms with Crippen LogP contribution in [0.1, 0.15) is 5.56 Å². The van der Waals surface area contributed by atoms with Gasteiger partial charge in [0, 0.05) is 12.3 Å². The van der Waals surface area contributed by atoms with Gasteiger partial charge in [0.2, 0.25) is 0 Å². The van der Waals surface area contributed by atoms with Gasteiger partial charge in [-0.1, -0.05) is 11.6 Å². The number of alkyl halides is 3. The largest absolute Gasteiger partial charge is 0.466 e. The summed E-state index contributed by atoms with van der Waals surface area (Å²) in [7, 11) is 1.18. The summed E-state index contributed by atoms with van der Waals surface area (Å²) in [5.74, 6) is -0.634. The molecule has 1 aromatic carbocycles. The van der Waals surface area contributed by atoms with E-state index < -0.39 is 17.7 Å². The van der Waals surface area contributed by atoms with E-state index in [1.807, 2.05) is 0 Å². The molecule has 7 heteroatoms. The second kappa shape index (κ2) is 5.77. The van der Waals surface area contributed by atoms with Crippen molar-refractivity contribution in [2.75, 3.05) is 12.4 Å². The summed E-state index contributed by atoms with van der Waals surface area (Å²) >= 11 is 5.72. The minimum atomic E-state index is -4.45. The van der Waals surface area contributed by atoms with Crippen LogP contribution in [0.4, 0.5) is 18.9 Å². The third kappa shape index (κ3) is 3.96. The number of anilines is 1. The Kier molecular flexibility index (Phi) is 4.61. The molecule has 0 amide bonds. The van der Waals surface area contributed by atoms with Gasteiger partial charge in [-0.25, -0.2) is 4.79 Å². The molecule has 3 nitrogen and oxygen atoms in total. The lowest BCUT2D eigenvalue weighted by atomic mass is 10.2. The standard InChI is InChI=1S/C11H9ClF3NO2/c1-18-10(17)4-5-16-9-6-7(11(13,14)15)2-3-8(9)12/h2-6,16H,1H3/b5-4+. The lowest BCUT2D eigenvalue weighted by molar-refractivity contribution is -0.137. The minimum absolute atomic E-state index is 0.0478. The van der Waals surface area contributed by atoms with Gasteiger partial charge in [-0.3, -0.25) is 0 Å². The fourth-order valence-electron chi connectivity index (χ4n) is 1.08. The number of hydrogen-bond donors (Lipinski definition) is 1. The summed E-state index contributed by atoms with van der Waals surface area (Å²) in [6, 6.07) is 2.85. The first-order valence-corrected chi connectivity index (χ1v) is 5.10. The summed E-state index contributed by atoms with van der Waals surface area (Å²) in [6.07, 6.45) is -2.28. The highest BCUT2D eigenvalue weighted by atomic mass is 35.5. The lowest BCUT2D eigenvalue weighted by Gasteiger charge is -2.10. The van der Waals surface area contributed by atoms with E-state index in [9.17, 15) is 18.0 Å². The molecule has 0 heterocycles. The molecule has 0 radical (unpaired) electrons. The highest BCUT2D eigenvalue weighted by molar-refractivity contribution is 6.33. The number of ether oxygens (including phenoxy) is 1. The molecule has 0 fully saturated rings. The van der Waals surface area contributed by atoms with Crippen molar-refractivity contribution in [2.45, 2.75) is 6.18 Å². The van der Waals surface area contributed by atoms with Crippen molar-refractivity contribution in [2.24, 2.45) is 0 Å². The number of halogens is 4. The van der Waals surface area contributed by atoms with Crippen LogP contribution in [0.15, 0.2) is 30.5 Å². The molecule has 0 aliphatic heterocycles. The Morgan fingerprint density at radius 3 is 2.67 bits per heavy atom. The van der Waals surface area contributed by atoms with Crippen molar-refractivity contribution in [3.05, 3.63) is 41.1 Å². The summed E-state index contributed by atoms with van der Waals surface area (Å²) in [5, 5.41) is 2.59. The van der Waals surface area contributed by atoms with Crippen molar-refractivity contribution in [1.82, 2.24) is 0 Å². The maximum absolute atomic E-state index is 12.4. The number of hydrogen-bond acceptors (Lipinski definition) is 3. The first-order chi connectivity index (χ1) is 8.34. The van der Waals surface area contributed by atoms with Gasteiger partial charge in [0.25, 0.3) is 0 Å². The molecule has 98 valence electrons. The van der Waals surface area contributed by atoms with Crippen molar-refractivity contribution in [1.29, 1.82) is 0 Å². The zero-order chi connectivity index (χ0) is 13.8. The van der Waals surface area contributed by atoms with Crippen LogP contribution in [0.25, 0.3) is 0 Å². The Labute approximate surface area is 106 Å². The van der Waals surface area contributed by atoms with E-state index in [2.05, 4.69) is 10.1 Å². The third-order valence-corrected chi connectivity index (χ3v) is 2.28. The van der Waals surface area contributed by atoms with E-state index in [1.165, 1.54) is 7.11 Å². The van der Waals surface area contributed by atoms with E-state index >= 15 is 0 Å². The molecule has 18 heavy (non-hydrogen) atoms. The normalized spacial score (nSPS) is 11.6. The highest BCUT2D eigenvalue weighted by Gasteiger charge is 2.30. The van der Waals surface area contributed by atoms with E-state index in [0.717, 1.165) is 30.5 Å². The number of benzene rings is 1. The Balaban J connectivity index is 2.89. The monoisotopic (exact) mass is 279 g/mol. The third-order valence-electron chi connectivity index (χ3n) is 1.95. The Bertz CT molecular complexity index is 472. The Morgan fingerprint density at radius 2 is 2.11 bits per heavy atom. The topological polar surface area (TPSA) is 38.3 Å². The molecule has 0 unspecified atom stereocenters. The van der Waals surface area contributed by atoms with Crippen LogP contribution in [0.2, 0.25) is 5.02 Å². The van der Waals surface area contributed by atoms with Gasteiger partial charge in [0.15, 0.2) is 0 Å². The maximum atomic E-state index is 12.4. The van der Waals surface area contributed by atoms with Gasteiger partial charge in [0.1, 0.15) is 0 Å². The average Bonchev–Trinajstić information content (AvgIpc) is 2.29. The zero-order valence-corrected chi connectivity index (χ0v) is 9.97. The maximum Gasteiger partial charge on any atom is 0.416 e. The van der Waals surface area contributed by atoms with Crippen molar-refractivity contribution in [3.63, 3.8) is 0 Å². The molecule has 1 N–H and O–H groups in total. The van der Waals surface area contributed by atoms with Gasteiger partial charge < -0.3 is 10.1 Å². The molecular weight excluding hydrogens is 271 g/mol. The zero-order valence-electron chi connectivity index (χ0n) is 9.22. The summed E-state index contributed by atoms with van der Waals surface area (Å²) in [4.78, 5) is 10.8. The van der Waals surface area contributed by atoms with Gasteiger partial charge in [-0.15, -0.1) is 0 Å². The molecule has 1 rings (SSSR count). The van der Waals surface area contributed by atoms with Crippen LogP contribution < -0.4 is 5.32 Å². The molecule has 0 bridgehead atoms. The first-order valence-electron chi connectivity index (χ1n) is 4.72. The van der Waals surface area contributed by atoms with E-state index in [-0.39, 0.29) is 10.7 Å². The molecule has 0 atom stereocenters. The van der Waals surface area contributed by atoms with Crippen LogP contribution in [0.3, 0.4) is 0 Å². The van der Waals surface area contributed by atoms with Crippen LogP contribution in [-0.2, 0) is 15.7 Å². The molecule has 0 aliphatic carbocycles. The van der Waals surface area contributed by atoms with E-state index in [0.29, 0.717) is 0 Å². The molecule has 0 saturated heterocycles. The van der Waals surface area contributed by atoms with Crippen LogP contribution >= 0.6 is 11.6 Å². The van der Waals surface area contributed by atoms with Crippen LogP contribution in [0.5, 0.6) is 0 Å². The fourth-order valence-corrected chi connectivity index (χ4v) is 1.25. The summed E-state index contributed by atoms with van der Waals surface area (Å²) in [5.41, 5.74) is -0.785. The minimum Gasteiger partial charge on any atom is -0.466 e. The predicted octanol–water partition coefficient (Wildman–Crippen LogP) is 3.46. The van der Waals surface area contributed by atoms with Crippen molar-refractivity contribution in [3.8, 4) is 0 Å². The number of carbonyl (C=O) groups is 1. The van der Waals surface area contributed by atoms with E-state index in [4.69, 9.17) is 11.6 Å². The Morgan fingerprint density at radius 1 is 1.44 bits per heavy atom. The number of esters is 1. The number of rotatable bonds is 3. The fraction of sp³-hybridized carbons (Fsp3) is 0.182. The summed E-state index contributed by atoms with van der Waals surface area (Å²) in [6.45, 7) is 0. The van der Waals surface area contributed by atoms with Gasteiger partial charge in [-0.05, 0) is 18.2 Å². The SMILES string of the molecule is COC(=O)/C=C/Nc1cc(C(F)(F)F)ccc1Cl. The van der Waals surface area contributed by atoms with Gasteiger partial charge in [-0.2, -0.15) is 13.2 Å². The predicted molar refractivity (Wildman–Crippen MR) is 61.2 cm³/mol. The van der Waals surface area contributed by atoms with Crippen molar-refractivity contribution < 1.29 is 22.7 Å². The molecule has 0 aliphatic rings. The molecule has 0 aromatic heterocycles. The smallest absolute Gasteiger partial charge is 0.416 e. The lowest BCUT2D eigenvalue weighted by Crippen LogP contribution is -2.05. The number of carbonyl (C=O) groups excluding carboxylic acids is 1. The Hall–Kier alpha value is -1.69. The quantitative estimate of drug-likeness (QED) is 0.680. The highest BCUT2D eigenvalue weighted by Crippen LogP contribution is 2.33. The van der Waals surface area contributed by atoms with Crippen molar-refractivity contribution >= 4 is 23.3 Å². The average molecular weight is 280 g/mol. The second-order valence-corrected chi connectivity index (χ2v) is 3.60. The number of methoxy groups -OCH3 is 1. The molecule has 0 saturated carbocycles. The number of nitrogens with one attached hydrogen (secondary N) is 1. The summed E-state index contributed by atoms with van der Waals surface area (Å²) < 4.78 is 41.6. The molecular formula is C11H9ClF3NO2. The first kappa shape index (κ1) is 14.4. The van der Waals surface area contributed by atoms with Crippen LogP contribution in [-0.4, -0.2) is 13.1 Å². The van der Waals surface area contributed by atoms with Gasteiger partial charge in [0.05, 0.1) is 23.4 Å². The van der Waals surface area contributed by atoms with Gasteiger partial charge >= 0.3 is 12.1 Å². The second-order valence-electron chi connectivity index (χ2n) is 3.19. The molecule has 1 aromatic rings. The molecule has 0 spiro atoms. The van der Waals surface area contributed by atoms with E-state index in [1.54, 1.807) is 0 Å².